The molecule has 2 aromatic carbocycles. The maximum atomic E-state index is 14.5. The van der Waals surface area contributed by atoms with Gasteiger partial charge in [0.2, 0.25) is 0 Å². The van der Waals surface area contributed by atoms with Crippen LogP contribution in [-0.4, -0.2) is 31.7 Å². The number of anilines is 1. The summed E-state index contributed by atoms with van der Waals surface area (Å²) in [6.45, 7) is 0. The highest BCUT2D eigenvalue weighted by atomic mass is 35.5. The summed E-state index contributed by atoms with van der Waals surface area (Å²) in [5.74, 6) is -0.303. The van der Waals surface area contributed by atoms with Gasteiger partial charge in [-0.25, -0.2) is 0 Å². The van der Waals surface area contributed by atoms with Crippen LogP contribution < -0.4 is 4.90 Å². The minimum Gasteiger partial charge on any atom is -0.341 e. The minimum absolute atomic E-state index is 0.105. The second kappa shape index (κ2) is 7.93. The third kappa shape index (κ3) is 3.34. The Labute approximate surface area is 174 Å². The molecule has 0 aromatic heterocycles. The second-order valence-electron chi connectivity index (χ2n) is 5.98. The molecule has 1 aliphatic rings. The lowest BCUT2D eigenvalue weighted by atomic mass is 10.1. The number of halogens is 4. The van der Waals surface area contributed by atoms with Crippen molar-refractivity contribution in [2.24, 2.45) is 5.16 Å². The largest absolute Gasteiger partial charge is 0.464 e. The first kappa shape index (κ1) is 22.1. The summed E-state index contributed by atoms with van der Waals surface area (Å²) in [4.78, 5) is 5.44. The Bertz CT molecular complexity index is 1050. The standard InChI is InChI=1S/C18H14ClF3N3O4P/c1-27-30(26,28-2)18(17(20,21)22)25(15-9-3-12(11-23)4-10-15)16(24-29-18)13-5-7-14(19)8-6-13/h3-10H,1-2H3. The zero-order valence-corrected chi connectivity index (χ0v) is 17.2. The van der Waals surface area contributed by atoms with Crippen molar-refractivity contribution in [3.8, 4) is 6.07 Å². The van der Waals surface area contributed by atoms with Gasteiger partial charge in [-0.05, 0) is 48.5 Å². The number of oxime groups is 1. The van der Waals surface area contributed by atoms with Crippen molar-refractivity contribution in [2.45, 2.75) is 11.6 Å². The zero-order valence-electron chi connectivity index (χ0n) is 15.6. The lowest BCUT2D eigenvalue weighted by molar-refractivity contribution is -0.238. The third-order valence-corrected chi connectivity index (χ3v) is 6.84. The van der Waals surface area contributed by atoms with Crippen molar-refractivity contribution >= 4 is 30.7 Å². The van der Waals surface area contributed by atoms with Gasteiger partial charge >= 0.3 is 19.2 Å². The number of benzene rings is 2. The Kier molecular flexibility index (Phi) is 5.85. The summed E-state index contributed by atoms with van der Waals surface area (Å²) in [6, 6.07) is 12.7. The number of hydrogen-bond donors (Lipinski definition) is 0. The predicted molar refractivity (Wildman–Crippen MR) is 103 cm³/mol. The molecule has 12 heteroatoms. The van der Waals surface area contributed by atoms with Crippen LogP contribution >= 0.6 is 19.2 Å². The lowest BCUT2D eigenvalue weighted by Crippen LogP contribution is -2.59. The lowest BCUT2D eigenvalue weighted by Gasteiger charge is -2.40. The van der Waals surface area contributed by atoms with Gasteiger partial charge in [0.15, 0.2) is 5.84 Å². The Hall–Kier alpha value is -2.57. The highest BCUT2D eigenvalue weighted by molar-refractivity contribution is 7.55. The van der Waals surface area contributed by atoms with Gasteiger partial charge in [0.1, 0.15) is 0 Å². The third-order valence-electron chi connectivity index (χ3n) is 4.35. The van der Waals surface area contributed by atoms with Crippen molar-refractivity contribution in [1.82, 2.24) is 0 Å². The monoisotopic (exact) mass is 459 g/mol. The molecule has 0 spiro atoms. The maximum Gasteiger partial charge on any atom is 0.464 e. The van der Waals surface area contributed by atoms with Gasteiger partial charge in [-0.1, -0.05) is 16.8 Å². The summed E-state index contributed by atoms with van der Waals surface area (Å²) in [5, 5.41) is 13.0. The molecule has 0 bridgehead atoms. The molecule has 0 radical (unpaired) electrons. The quantitative estimate of drug-likeness (QED) is 0.578. The number of nitriles is 1. The van der Waals surface area contributed by atoms with Crippen LogP contribution in [0.1, 0.15) is 11.1 Å². The molecule has 30 heavy (non-hydrogen) atoms. The normalized spacial score (nSPS) is 19.2. The van der Waals surface area contributed by atoms with E-state index in [0.717, 1.165) is 14.2 Å². The Morgan fingerprint density at radius 1 is 1.13 bits per heavy atom. The molecule has 0 fully saturated rings. The van der Waals surface area contributed by atoms with Gasteiger partial charge in [0.25, 0.3) is 0 Å². The summed E-state index contributed by atoms with van der Waals surface area (Å²) in [5.41, 5.74) is -3.30. The zero-order chi connectivity index (χ0) is 22.2. The molecule has 0 N–H and O–H groups in total. The van der Waals surface area contributed by atoms with Crippen LogP contribution in [-0.2, 0) is 18.5 Å². The first-order valence-corrected chi connectivity index (χ1v) is 10.2. The first-order chi connectivity index (χ1) is 14.1. The number of hydrogen-bond acceptors (Lipinski definition) is 7. The molecular weight excluding hydrogens is 446 g/mol. The fourth-order valence-electron chi connectivity index (χ4n) is 2.92. The van der Waals surface area contributed by atoms with Gasteiger partial charge in [0, 0.05) is 30.5 Å². The van der Waals surface area contributed by atoms with Crippen molar-refractivity contribution in [1.29, 1.82) is 5.26 Å². The number of alkyl halides is 3. The highest BCUT2D eigenvalue weighted by Gasteiger charge is 2.78. The molecule has 0 amide bonds. The number of rotatable bonds is 5. The topological polar surface area (TPSA) is 84.2 Å². The van der Waals surface area contributed by atoms with E-state index < -0.39 is 19.2 Å². The number of amidine groups is 1. The smallest absolute Gasteiger partial charge is 0.341 e. The van der Waals surface area contributed by atoms with E-state index in [1.807, 2.05) is 6.07 Å². The van der Waals surface area contributed by atoms with Crippen LogP contribution in [0, 0.1) is 11.3 Å². The van der Waals surface area contributed by atoms with Crippen LogP contribution in [0.4, 0.5) is 18.9 Å². The summed E-state index contributed by atoms with van der Waals surface area (Å²) < 4.78 is 66.0. The van der Waals surface area contributed by atoms with E-state index in [-0.39, 0.29) is 22.6 Å². The van der Waals surface area contributed by atoms with E-state index in [4.69, 9.17) is 30.7 Å². The van der Waals surface area contributed by atoms with Gasteiger partial charge in [0.05, 0.1) is 11.6 Å². The highest BCUT2D eigenvalue weighted by Crippen LogP contribution is 2.68. The molecule has 1 aliphatic heterocycles. The van der Waals surface area contributed by atoms with Crippen LogP contribution in [0.15, 0.2) is 53.7 Å². The summed E-state index contributed by atoms with van der Waals surface area (Å²) in [7, 11) is -3.38. The minimum atomic E-state index is -5.28. The molecule has 1 heterocycles. The molecule has 7 nitrogen and oxygen atoms in total. The van der Waals surface area contributed by atoms with Crippen molar-refractivity contribution in [3.63, 3.8) is 0 Å². The van der Waals surface area contributed by atoms with Crippen LogP contribution in [0.2, 0.25) is 5.02 Å². The molecule has 0 saturated heterocycles. The molecule has 0 saturated carbocycles. The molecule has 0 aliphatic carbocycles. The Morgan fingerprint density at radius 3 is 2.17 bits per heavy atom. The average molecular weight is 460 g/mol. The Balaban J connectivity index is 2.30. The molecular formula is C18H14ClF3N3O4P. The van der Waals surface area contributed by atoms with E-state index in [1.54, 1.807) is 0 Å². The maximum absolute atomic E-state index is 14.5. The Morgan fingerprint density at radius 2 is 1.70 bits per heavy atom. The fraction of sp³-hybridized carbons (Fsp3) is 0.222. The van der Waals surface area contributed by atoms with Gasteiger partial charge in [-0.3, -0.25) is 9.46 Å². The molecule has 1 unspecified atom stereocenters. The molecule has 1 atom stereocenters. The van der Waals surface area contributed by atoms with Crippen molar-refractivity contribution in [3.05, 3.63) is 64.7 Å². The van der Waals surface area contributed by atoms with E-state index in [0.29, 0.717) is 9.92 Å². The SMILES string of the molecule is COP(=O)(OC)C1(C(F)(F)F)ON=C(c2ccc(Cl)cc2)N1c1ccc(C#N)cc1. The van der Waals surface area contributed by atoms with Crippen LogP contribution in [0.25, 0.3) is 0 Å². The van der Waals surface area contributed by atoms with Crippen LogP contribution in [0.3, 0.4) is 0 Å². The van der Waals surface area contributed by atoms with E-state index >= 15 is 0 Å². The second-order valence-corrected chi connectivity index (χ2v) is 8.74. The van der Waals surface area contributed by atoms with Crippen molar-refractivity contribution in [2.75, 3.05) is 19.1 Å². The molecule has 3 rings (SSSR count). The fourth-order valence-corrected chi connectivity index (χ4v) is 4.60. The first-order valence-electron chi connectivity index (χ1n) is 8.24. The van der Waals surface area contributed by atoms with Crippen molar-refractivity contribution < 1.29 is 31.6 Å². The van der Waals surface area contributed by atoms with Gasteiger partial charge in [-0.2, -0.15) is 18.4 Å². The average Bonchev–Trinajstić information content (AvgIpc) is 3.16. The predicted octanol–water partition coefficient (Wildman–Crippen LogP) is 5.11. The van der Waals surface area contributed by atoms with Gasteiger partial charge < -0.3 is 13.9 Å². The van der Waals surface area contributed by atoms with E-state index in [9.17, 15) is 17.7 Å². The molecule has 2 aromatic rings. The van der Waals surface area contributed by atoms with Gasteiger partial charge in [-0.15, -0.1) is 0 Å². The number of nitrogens with zero attached hydrogens (tertiary/aromatic N) is 3. The summed E-state index contributed by atoms with van der Waals surface area (Å²) >= 11 is 5.87. The van der Waals surface area contributed by atoms with E-state index in [2.05, 4.69) is 5.16 Å². The van der Waals surface area contributed by atoms with Crippen LogP contribution in [0.5, 0.6) is 0 Å². The van der Waals surface area contributed by atoms with E-state index in [1.165, 1.54) is 48.5 Å². The summed E-state index contributed by atoms with van der Waals surface area (Å²) in [6.07, 6.45) is -5.28. The molecule has 158 valence electrons.